The van der Waals surface area contributed by atoms with E-state index in [-0.39, 0.29) is 18.1 Å². The van der Waals surface area contributed by atoms with Gasteiger partial charge in [-0.25, -0.2) is 4.39 Å². The first-order valence-corrected chi connectivity index (χ1v) is 7.93. The number of carbonyl (C=O) groups is 1. The van der Waals surface area contributed by atoms with Crippen LogP contribution >= 0.6 is 0 Å². The predicted molar refractivity (Wildman–Crippen MR) is 87.4 cm³/mol. The van der Waals surface area contributed by atoms with Crippen molar-refractivity contribution in [3.05, 3.63) is 71.0 Å². The average molecular weight is 353 g/mol. The second-order valence-corrected chi connectivity index (χ2v) is 5.78. The molecule has 0 spiro atoms. The number of nitrogens with zero attached hydrogens (tertiary/aromatic N) is 1. The monoisotopic (exact) mass is 353 g/mol. The highest BCUT2D eigenvalue weighted by molar-refractivity contribution is 5.79. The van der Waals surface area contributed by atoms with Crippen molar-refractivity contribution in [3.63, 3.8) is 0 Å². The molecule has 25 heavy (non-hydrogen) atoms. The minimum absolute atomic E-state index is 0.0669. The fraction of sp³-hybridized carbons (Fsp3) is 0.316. The molecule has 1 unspecified atom stereocenters. The molecule has 1 amide bonds. The molecule has 0 aliphatic rings. The quantitative estimate of drug-likeness (QED) is 0.693. The van der Waals surface area contributed by atoms with Gasteiger partial charge in [0.25, 0.3) is 0 Å². The topological polar surface area (TPSA) is 20.3 Å². The summed E-state index contributed by atoms with van der Waals surface area (Å²) in [5, 5.41) is 0. The van der Waals surface area contributed by atoms with Crippen molar-refractivity contribution in [3.8, 4) is 0 Å². The van der Waals surface area contributed by atoms with Gasteiger partial charge < -0.3 is 4.90 Å². The number of hydrogen-bond acceptors (Lipinski definition) is 1. The van der Waals surface area contributed by atoms with Gasteiger partial charge in [-0.3, -0.25) is 4.79 Å². The predicted octanol–water partition coefficient (Wildman–Crippen LogP) is 5.00. The smallest absolute Gasteiger partial charge is 0.336 e. The average Bonchev–Trinajstić information content (AvgIpc) is 2.57. The van der Waals surface area contributed by atoms with Crippen LogP contribution in [0.25, 0.3) is 0 Å². The van der Waals surface area contributed by atoms with Gasteiger partial charge in [0, 0.05) is 6.54 Å². The molecule has 2 nitrogen and oxygen atoms in total. The highest BCUT2D eigenvalue weighted by atomic mass is 19.4. The van der Waals surface area contributed by atoms with Crippen molar-refractivity contribution in [2.24, 2.45) is 0 Å². The van der Waals surface area contributed by atoms with Gasteiger partial charge in [0.15, 0.2) is 0 Å². The number of likely N-dealkylation sites (N-methyl/N-ethyl adjacent to an activating group) is 1. The Morgan fingerprint density at radius 2 is 1.76 bits per heavy atom. The summed E-state index contributed by atoms with van der Waals surface area (Å²) in [5.41, 5.74) is 0.337. The first kappa shape index (κ1) is 19.0. The third-order valence-electron chi connectivity index (χ3n) is 4.09. The molecule has 0 aromatic heterocycles. The minimum atomic E-state index is -4.43. The van der Waals surface area contributed by atoms with Crippen molar-refractivity contribution >= 4 is 5.91 Å². The van der Waals surface area contributed by atoms with Crippen molar-refractivity contribution in [2.75, 3.05) is 6.54 Å². The highest BCUT2D eigenvalue weighted by Gasteiger charge is 2.31. The molecule has 0 aliphatic heterocycles. The maximum atomic E-state index is 12.9. The molecule has 2 aromatic carbocycles. The van der Waals surface area contributed by atoms with E-state index in [9.17, 15) is 22.4 Å². The number of hydrogen-bond donors (Lipinski definition) is 0. The number of carbonyl (C=O) groups excluding carboxylic acids is 1. The number of alkyl halides is 3. The molecule has 2 aromatic rings. The number of rotatable bonds is 5. The zero-order valence-corrected chi connectivity index (χ0v) is 14.0. The van der Waals surface area contributed by atoms with Crippen LogP contribution in [0.15, 0.2) is 48.5 Å². The van der Waals surface area contributed by atoms with Crippen LogP contribution < -0.4 is 0 Å². The van der Waals surface area contributed by atoms with Crippen molar-refractivity contribution in [1.82, 2.24) is 4.90 Å². The maximum Gasteiger partial charge on any atom is 0.416 e. The van der Waals surface area contributed by atoms with E-state index in [4.69, 9.17) is 0 Å². The van der Waals surface area contributed by atoms with Crippen molar-refractivity contribution in [2.45, 2.75) is 32.5 Å². The molecule has 2 rings (SSSR count). The van der Waals surface area contributed by atoms with Crippen LogP contribution in [0, 0.1) is 5.82 Å². The first-order valence-electron chi connectivity index (χ1n) is 7.93. The van der Waals surface area contributed by atoms with Gasteiger partial charge in [-0.05, 0) is 49.2 Å². The van der Waals surface area contributed by atoms with E-state index in [2.05, 4.69) is 0 Å². The van der Waals surface area contributed by atoms with Gasteiger partial charge in [0.05, 0.1) is 18.0 Å². The Morgan fingerprint density at radius 3 is 2.32 bits per heavy atom. The van der Waals surface area contributed by atoms with E-state index < -0.39 is 17.8 Å². The molecule has 0 bridgehead atoms. The van der Waals surface area contributed by atoms with Gasteiger partial charge in [-0.1, -0.05) is 24.3 Å². The minimum Gasteiger partial charge on any atom is -0.336 e. The van der Waals surface area contributed by atoms with Crippen LogP contribution in [0.5, 0.6) is 0 Å². The molecule has 0 radical (unpaired) electrons. The molecule has 6 heteroatoms. The first-order chi connectivity index (χ1) is 11.7. The molecule has 0 N–H and O–H groups in total. The fourth-order valence-corrected chi connectivity index (χ4v) is 2.70. The Kier molecular flexibility index (Phi) is 5.82. The fourth-order valence-electron chi connectivity index (χ4n) is 2.70. The zero-order chi connectivity index (χ0) is 18.6. The van der Waals surface area contributed by atoms with Crippen LogP contribution in [0.2, 0.25) is 0 Å². The van der Waals surface area contributed by atoms with Crippen molar-refractivity contribution < 1.29 is 22.4 Å². The maximum absolute atomic E-state index is 12.9. The van der Waals surface area contributed by atoms with Crippen molar-refractivity contribution in [1.29, 1.82) is 0 Å². The molecule has 134 valence electrons. The van der Waals surface area contributed by atoms with E-state index in [0.717, 1.165) is 12.1 Å². The van der Waals surface area contributed by atoms with E-state index in [1.165, 1.54) is 35.2 Å². The molecule has 0 heterocycles. The highest BCUT2D eigenvalue weighted by Crippen LogP contribution is 2.32. The van der Waals surface area contributed by atoms with Crippen LogP contribution in [0.4, 0.5) is 17.6 Å². The summed E-state index contributed by atoms with van der Waals surface area (Å²) in [5.74, 6) is -0.611. The number of benzene rings is 2. The van der Waals surface area contributed by atoms with E-state index in [0.29, 0.717) is 17.7 Å². The third kappa shape index (κ3) is 4.81. The van der Waals surface area contributed by atoms with Crippen LogP contribution in [0.3, 0.4) is 0 Å². The SMILES string of the molecule is CCN(C(=O)Cc1ccc(F)cc1)C(C)c1cccc(C(F)(F)F)c1. The summed E-state index contributed by atoms with van der Waals surface area (Å²) in [6, 6.07) is 10.1. The molecule has 0 aliphatic carbocycles. The van der Waals surface area contributed by atoms with Crippen LogP contribution in [0.1, 0.15) is 36.6 Å². The lowest BCUT2D eigenvalue weighted by Gasteiger charge is -2.29. The standard InChI is InChI=1S/C19H19F4NO/c1-3-24(18(25)11-14-7-9-17(20)10-8-14)13(2)15-5-4-6-16(12-15)19(21,22)23/h4-10,12-13H,3,11H2,1-2H3. The van der Waals surface area contributed by atoms with E-state index in [1.54, 1.807) is 19.9 Å². The Labute approximate surface area is 144 Å². The van der Waals surface area contributed by atoms with Gasteiger partial charge >= 0.3 is 6.18 Å². The van der Waals surface area contributed by atoms with E-state index in [1.807, 2.05) is 0 Å². The van der Waals surface area contributed by atoms with Gasteiger partial charge in [-0.2, -0.15) is 13.2 Å². The summed E-state index contributed by atoms with van der Waals surface area (Å²) in [4.78, 5) is 14.0. The Bertz CT molecular complexity index is 725. The van der Waals surface area contributed by atoms with Gasteiger partial charge in [0.2, 0.25) is 5.91 Å². The van der Waals surface area contributed by atoms with Gasteiger partial charge in [0.1, 0.15) is 5.82 Å². The Hall–Kier alpha value is -2.37. The Balaban J connectivity index is 2.18. The molecule has 0 saturated carbocycles. The third-order valence-corrected chi connectivity index (χ3v) is 4.09. The summed E-state index contributed by atoms with van der Waals surface area (Å²) in [6.45, 7) is 3.83. The molecule has 0 saturated heterocycles. The lowest BCUT2D eigenvalue weighted by atomic mass is 10.0. The number of halogens is 4. The molecular weight excluding hydrogens is 334 g/mol. The normalized spacial score (nSPS) is 12.7. The van der Waals surface area contributed by atoms with E-state index >= 15 is 0 Å². The summed E-state index contributed by atoms with van der Waals surface area (Å²) >= 11 is 0. The van der Waals surface area contributed by atoms with Crippen LogP contribution in [-0.4, -0.2) is 17.4 Å². The molecule has 1 atom stereocenters. The molecule has 0 fully saturated rings. The van der Waals surface area contributed by atoms with Crippen LogP contribution in [-0.2, 0) is 17.4 Å². The summed E-state index contributed by atoms with van der Waals surface area (Å²) in [7, 11) is 0. The Morgan fingerprint density at radius 1 is 1.12 bits per heavy atom. The summed E-state index contributed by atoms with van der Waals surface area (Å²) in [6.07, 6.45) is -4.36. The van der Waals surface area contributed by atoms with Gasteiger partial charge in [-0.15, -0.1) is 0 Å². The second-order valence-electron chi connectivity index (χ2n) is 5.78. The lowest BCUT2D eigenvalue weighted by molar-refractivity contribution is -0.137. The summed E-state index contributed by atoms with van der Waals surface area (Å²) < 4.78 is 51.6. The zero-order valence-electron chi connectivity index (χ0n) is 14.0. The molecular formula is C19H19F4NO. The lowest BCUT2D eigenvalue weighted by Crippen LogP contribution is -2.34. The largest absolute Gasteiger partial charge is 0.416 e. The number of amides is 1. The second kappa shape index (κ2) is 7.68.